The van der Waals surface area contributed by atoms with Crippen LogP contribution in [-0.4, -0.2) is 27.7 Å². The molecule has 1 atom stereocenters. The fraction of sp³-hybridized carbons (Fsp3) is 0.263. The average Bonchev–Trinajstić information content (AvgIpc) is 3.29. The number of hydrogen-bond donors (Lipinski definition) is 1. The van der Waals surface area contributed by atoms with Gasteiger partial charge in [-0.15, -0.1) is 10.2 Å². The standard InChI is InChI=1S/C19H18N4O3/c1-11(19-23-22-12(2)26-19)21-18(24)16-8-15(9-20-10-16)13-3-4-17-14(7-13)5-6-25-17/h3-4,7-11H,5-6H2,1-2H3,(H,21,24). The van der Waals surface area contributed by atoms with E-state index in [9.17, 15) is 4.79 Å². The summed E-state index contributed by atoms with van der Waals surface area (Å²) >= 11 is 0. The Kier molecular flexibility index (Phi) is 4.12. The highest BCUT2D eigenvalue weighted by Gasteiger charge is 2.18. The van der Waals surface area contributed by atoms with E-state index in [2.05, 4.69) is 26.6 Å². The number of hydrogen-bond acceptors (Lipinski definition) is 6. The van der Waals surface area contributed by atoms with Gasteiger partial charge in [-0.25, -0.2) is 0 Å². The van der Waals surface area contributed by atoms with Gasteiger partial charge in [0.15, 0.2) is 0 Å². The minimum atomic E-state index is -0.385. The summed E-state index contributed by atoms with van der Waals surface area (Å²) in [5.74, 6) is 1.52. The van der Waals surface area contributed by atoms with E-state index >= 15 is 0 Å². The van der Waals surface area contributed by atoms with Crippen molar-refractivity contribution in [3.63, 3.8) is 0 Å². The lowest BCUT2D eigenvalue weighted by molar-refractivity contribution is 0.0933. The van der Waals surface area contributed by atoms with Crippen LogP contribution in [0.3, 0.4) is 0 Å². The van der Waals surface area contributed by atoms with Gasteiger partial charge in [-0.2, -0.15) is 0 Å². The summed E-state index contributed by atoms with van der Waals surface area (Å²) in [6, 6.07) is 7.47. The van der Waals surface area contributed by atoms with Crippen molar-refractivity contribution in [2.75, 3.05) is 6.61 Å². The predicted molar refractivity (Wildman–Crippen MR) is 93.8 cm³/mol. The third kappa shape index (κ3) is 3.15. The van der Waals surface area contributed by atoms with Gasteiger partial charge in [-0.1, -0.05) is 6.07 Å². The first-order valence-electron chi connectivity index (χ1n) is 8.42. The molecule has 3 aromatic rings. The molecular formula is C19H18N4O3. The Morgan fingerprint density at radius 1 is 1.19 bits per heavy atom. The van der Waals surface area contributed by atoms with Gasteiger partial charge in [0.2, 0.25) is 11.8 Å². The van der Waals surface area contributed by atoms with Crippen LogP contribution in [0.15, 0.2) is 41.1 Å². The SMILES string of the molecule is Cc1nnc(C(C)NC(=O)c2cncc(-c3ccc4c(c3)CCO4)c2)o1. The second kappa shape index (κ2) is 6.59. The molecule has 0 bridgehead atoms. The lowest BCUT2D eigenvalue weighted by Gasteiger charge is -2.11. The highest BCUT2D eigenvalue weighted by molar-refractivity contribution is 5.95. The molecule has 0 saturated carbocycles. The van der Waals surface area contributed by atoms with Gasteiger partial charge in [0.25, 0.3) is 5.91 Å². The van der Waals surface area contributed by atoms with E-state index < -0.39 is 0 Å². The number of benzene rings is 1. The van der Waals surface area contributed by atoms with E-state index in [1.165, 1.54) is 5.56 Å². The van der Waals surface area contributed by atoms with Crippen molar-refractivity contribution in [3.05, 3.63) is 59.6 Å². The fourth-order valence-corrected chi connectivity index (χ4v) is 2.92. The van der Waals surface area contributed by atoms with Crippen LogP contribution in [0.25, 0.3) is 11.1 Å². The molecule has 7 nitrogen and oxygen atoms in total. The largest absolute Gasteiger partial charge is 0.493 e. The summed E-state index contributed by atoms with van der Waals surface area (Å²) in [5, 5.41) is 10.6. The number of amides is 1. The molecule has 132 valence electrons. The maximum absolute atomic E-state index is 12.5. The quantitative estimate of drug-likeness (QED) is 0.778. The van der Waals surface area contributed by atoms with Crippen molar-refractivity contribution in [2.24, 2.45) is 0 Å². The van der Waals surface area contributed by atoms with Crippen LogP contribution in [0.2, 0.25) is 0 Å². The van der Waals surface area contributed by atoms with E-state index in [-0.39, 0.29) is 11.9 Å². The fourth-order valence-electron chi connectivity index (χ4n) is 2.92. The summed E-state index contributed by atoms with van der Waals surface area (Å²) in [5.41, 5.74) is 3.55. The first kappa shape index (κ1) is 16.3. The molecule has 2 aromatic heterocycles. The number of pyridine rings is 1. The van der Waals surface area contributed by atoms with E-state index in [0.29, 0.717) is 24.0 Å². The van der Waals surface area contributed by atoms with Crippen molar-refractivity contribution < 1.29 is 13.9 Å². The Balaban J connectivity index is 1.54. The second-order valence-corrected chi connectivity index (χ2v) is 6.24. The van der Waals surface area contributed by atoms with Crippen LogP contribution < -0.4 is 10.1 Å². The predicted octanol–water partition coefficient (Wildman–Crippen LogP) is 2.87. The van der Waals surface area contributed by atoms with Crippen LogP contribution >= 0.6 is 0 Å². The summed E-state index contributed by atoms with van der Waals surface area (Å²) < 4.78 is 10.9. The molecule has 0 aliphatic carbocycles. The molecule has 1 aromatic carbocycles. The number of nitrogens with one attached hydrogen (secondary N) is 1. The van der Waals surface area contributed by atoms with Crippen LogP contribution in [-0.2, 0) is 6.42 Å². The summed E-state index contributed by atoms with van der Waals surface area (Å²) in [4.78, 5) is 16.8. The molecule has 3 heterocycles. The highest BCUT2D eigenvalue weighted by atomic mass is 16.5. The minimum absolute atomic E-state index is 0.243. The third-order valence-corrected chi connectivity index (χ3v) is 4.28. The van der Waals surface area contributed by atoms with Gasteiger partial charge >= 0.3 is 0 Å². The molecule has 1 N–H and O–H groups in total. The normalized spacial score (nSPS) is 13.8. The van der Waals surface area contributed by atoms with Gasteiger partial charge in [0.1, 0.15) is 11.8 Å². The molecular weight excluding hydrogens is 332 g/mol. The zero-order chi connectivity index (χ0) is 18.1. The molecule has 1 amide bonds. The summed E-state index contributed by atoms with van der Waals surface area (Å²) in [6.07, 6.45) is 4.19. The molecule has 1 unspecified atom stereocenters. The molecule has 1 aliphatic rings. The van der Waals surface area contributed by atoms with Gasteiger partial charge in [-0.05, 0) is 36.2 Å². The molecule has 7 heteroatoms. The van der Waals surface area contributed by atoms with Crippen LogP contribution in [0, 0.1) is 6.92 Å². The smallest absolute Gasteiger partial charge is 0.253 e. The Morgan fingerprint density at radius 3 is 2.88 bits per heavy atom. The molecule has 1 aliphatic heterocycles. The number of aromatic nitrogens is 3. The Hall–Kier alpha value is -3.22. The van der Waals surface area contributed by atoms with Crippen molar-refractivity contribution in [2.45, 2.75) is 26.3 Å². The molecule has 4 rings (SSSR count). The summed E-state index contributed by atoms with van der Waals surface area (Å²) in [7, 11) is 0. The Bertz CT molecular complexity index is 967. The number of carbonyl (C=O) groups excluding carboxylic acids is 1. The number of carbonyl (C=O) groups is 1. The van der Waals surface area contributed by atoms with E-state index in [1.54, 1.807) is 26.2 Å². The maximum atomic E-state index is 12.5. The molecule has 26 heavy (non-hydrogen) atoms. The average molecular weight is 350 g/mol. The second-order valence-electron chi connectivity index (χ2n) is 6.24. The molecule has 0 spiro atoms. The third-order valence-electron chi connectivity index (χ3n) is 4.28. The molecule has 0 saturated heterocycles. The zero-order valence-electron chi connectivity index (χ0n) is 14.5. The lowest BCUT2D eigenvalue weighted by Crippen LogP contribution is -2.27. The lowest BCUT2D eigenvalue weighted by atomic mass is 10.0. The number of fused-ring (bicyclic) bond motifs is 1. The van der Waals surface area contributed by atoms with E-state index in [0.717, 1.165) is 23.3 Å². The van der Waals surface area contributed by atoms with E-state index in [1.807, 2.05) is 18.2 Å². The molecule has 0 fully saturated rings. The van der Waals surface area contributed by atoms with E-state index in [4.69, 9.17) is 9.15 Å². The van der Waals surface area contributed by atoms with Crippen molar-refractivity contribution in [1.29, 1.82) is 0 Å². The first-order valence-corrected chi connectivity index (χ1v) is 8.42. The topological polar surface area (TPSA) is 90.1 Å². The maximum Gasteiger partial charge on any atom is 0.253 e. The van der Waals surface area contributed by atoms with Crippen LogP contribution in [0.5, 0.6) is 5.75 Å². The monoisotopic (exact) mass is 350 g/mol. The van der Waals surface area contributed by atoms with Gasteiger partial charge in [0.05, 0.1) is 12.2 Å². The highest BCUT2D eigenvalue weighted by Crippen LogP contribution is 2.30. The number of ether oxygens (including phenoxy) is 1. The van der Waals surface area contributed by atoms with Crippen LogP contribution in [0.4, 0.5) is 0 Å². The van der Waals surface area contributed by atoms with Gasteiger partial charge in [0, 0.05) is 31.3 Å². The van der Waals surface area contributed by atoms with Gasteiger partial charge < -0.3 is 14.5 Å². The minimum Gasteiger partial charge on any atom is -0.493 e. The van der Waals surface area contributed by atoms with Crippen LogP contribution in [0.1, 0.15) is 40.7 Å². The number of aryl methyl sites for hydroxylation is 1. The van der Waals surface area contributed by atoms with Crippen molar-refractivity contribution in [3.8, 4) is 16.9 Å². The zero-order valence-corrected chi connectivity index (χ0v) is 14.5. The molecule has 0 radical (unpaired) electrons. The Labute approximate surface area is 150 Å². The van der Waals surface area contributed by atoms with Crippen molar-refractivity contribution >= 4 is 5.91 Å². The van der Waals surface area contributed by atoms with Crippen molar-refractivity contribution in [1.82, 2.24) is 20.5 Å². The number of rotatable bonds is 4. The number of nitrogens with zero attached hydrogens (tertiary/aromatic N) is 3. The Morgan fingerprint density at radius 2 is 2.08 bits per heavy atom. The summed E-state index contributed by atoms with van der Waals surface area (Å²) in [6.45, 7) is 4.22. The van der Waals surface area contributed by atoms with Gasteiger partial charge in [-0.3, -0.25) is 9.78 Å². The first-order chi connectivity index (χ1) is 12.6.